The van der Waals surface area contributed by atoms with Gasteiger partial charge >= 0.3 is 0 Å². The van der Waals surface area contributed by atoms with E-state index >= 15 is 0 Å². The first-order valence-corrected chi connectivity index (χ1v) is 7.21. The molecule has 1 amide bonds. The van der Waals surface area contributed by atoms with E-state index in [-0.39, 0.29) is 11.9 Å². The number of hydrogen-bond acceptors (Lipinski definition) is 5. The molecule has 1 aromatic rings. The number of anilines is 1. The number of hydrogen-bond donors (Lipinski definition) is 2. The molecule has 0 saturated carbocycles. The Bertz CT molecular complexity index is 403. The molecule has 0 aliphatic rings. The smallest absolute Gasteiger partial charge is 0.272 e. The lowest BCUT2D eigenvalue weighted by atomic mass is 10.2. The molecule has 0 saturated heterocycles. The zero-order valence-corrected chi connectivity index (χ0v) is 12.8. The zero-order valence-electron chi connectivity index (χ0n) is 12.8. The van der Waals surface area contributed by atoms with Crippen molar-refractivity contribution >= 4 is 11.7 Å². The van der Waals surface area contributed by atoms with Crippen LogP contribution in [0.3, 0.4) is 0 Å². The first-order valence-electron chi connectivity index (χ1n) is 7.21. The highest BCUT2D eigenvalue weighted by atomic mass is 16.2. The van der Waals surface area contributed by atoms with Crippen LogP contribution in [0.15, 0.2) is 12.1 Å². The predicted molar refractivity (Wildman–Crippen MR) is 80.9 cm³/mol. The van der Waals surface area contributed by atoms with Crippen molar-refractivity contribution < 1.29 is 4.79 Å². The van der Waals surface area contributed by atoms with Crippen molar-refractivity contribution in [1.29, 1.82) is 0 Å². The summed E-state index contributed by atoms with van der Waals surface area (Å²) >= 11 is 0. The van der Waals surface area contributed by atoms with Crippen LogP contribution in [0.25, 0.3) is 0 Å². The number of amides is 1. The van der Waals surface area contributed by atoms with Crippen LogP contribution < -0.4 is 10.6 Å². The van der Waals surface area contributed by atoms with Gasteiger partial charge in [0.25, 0.3) is 5.91 Å². The number of rotatable bonds is 8. The summed E-state index contributed by atoms with van der Waals surface area (Å²) in [5.41, 5.74) is 0.345. The van der Waals surface area contributed by atoms with Gasteiger partial charge in [0.15, 0.2) is 5.69 Å². The van der Waals surface area contributed by atoms with Crippen LogP contribution in [0.4, 0.5) is 5.82 Å². The Labute approximate surface area is 121 Å². The molecule has 0 fully saturated rings. The second-order valence-corrected chi connectivity index (χ2v) is 4.69. The molecule has 1 atom stereocenters. The second kappa shape index (κ2) is 8.47. The molecule has 0 spiro atoms. The Morgan fingerprint density at radius 1 is 1.25 bits per heavy atom. The van der Waals surface area contributed by atoms with Gasteiger partial charge in [-0.1, -0.05) is 13.8 Å². The van der Waals surface area contributed by atoms with Gasteiger partial charge in [0.05, 0.1) is 0 Å². The van der Waals surface area contributed by atoms with Crippen molar-refractivity contribution in [2.45, 2.75) is 33.7 Å². The summed E-state index contributed by atoms with van der Waals surface area (Å²) in [5, 5.41) is 13.9. The maximum atomic E-state index is 12.0. The third kappa shape index (κ3) is 5.13. The molecule has 0 aromatic carbocycles. The average Bonchev–Trinajstić information content (AvgIpc) is 2.45. The predicted octanol–water partition coefficient (Wildman–Crippen LogP) is 1.37. The lowest BCUT2D eigenvalue weighted by Crippen LogP contribution is -2.42. The fourth-order valence-corrected chi connectivity index (χ4v) is 1.94. The number of carbonyl (C=O) groups excluding carboxylic acids is 1. The van der Waals surface area contributed by atoms with Crippen LogP contribution in [0.5, 0.6) is 0 Å². The first kappa shape index (κ1) is 16.4. The van der Waals surface area contributed by atoms with Crippen molar-refractivity contribution in [3.63, 3.8) is 0 Å². The van der Waals surface area contributed by atoms with Gasteiger partial charge in [-0.3, -0.25) is 4.79 Å². The minimum absolute atomic E-state index is 0.0812. The molecule has 112 valence electrons. The molecule has 2 N–H and O–H groups in total. The van der Waals surface area contributed by atoms with Crippen LogP contribution in [0, 0.1) is 0 Å². The van der Waals surface area contributed by atoms with E-state index in [0.29, 0.717) is 11.5 Å². The lowest BCUT2D eigenvalue weighted by molar-refractivity contribution is 0.0924. The summed E-state index contributed by atoms with van der Waals surface area (Å²) in [6, 6.07) is 3.53. The Kier molecular flexibility index (Phi) is 6.93. The lowest BCUT2D eigenvalue weighted by Gasteiger charge is -2.23. The Morgan fingerprint density at radius 2 is 1.95 bits per heavy atom. The number of nitrogens with zero attached hydrogens (tertiary/aromatic N) is 3. The van der Waals surface area contributed by atoms with E-state index in [1.54, 1.807) is 12.1 Å². The summed E-state index contributed by atoms with van der Waals surface area (Å²) < 4.78 is 0. The number of nitrogens with one attached hydrogen (secondary N) is 2. The minimum Gasteiger partial charge on any atom is -0.369 e. The molecular weight excluding hydrogens is 254 g/mol. The van der Waals surface area contributed by atoms with E-state index in [2.05, 4.69) is 39.6 Å². The molecule has 1 rings (SSSR count). The molecule has 0 radical (unpaired) electrons. The van der Waals surface area contributed by atoms with E-state index in [0.717, 1.165) is 26.2 Å². The SMILES string of the molecule is CCNc1ccc(C(=O)NC(C)CN(CC)CC)nn1. The quantitative estimate of drug-likeness (QED) is 0.752. The molecule has 6 nitrogen and oxygen atoms in total. The van der Waals surface area contributed by atoms with Crippen molar-refractivity contribution in [3.05, 3.63) is 17.8 Å². The van der Waals surface area contributed by atoms with Gasteiger partial charge in [-0.05, 0) is 39.1 Å². The molecule has 0 aliphatic carbocycles. The van der Waals surface area contributed by atoms with Crippen LogP contribution in [-0.2, 0) is 0 Å². The van der Waals surface area contributed by atoms with Crippen molar-refractivity contribution in [1.82, 2.24) is 20.4 Å². The third-order valence-corrected chi connectivity index (χ3v) is 3.06. The molecular formula is C14H25N5O. The summed E-state index contributed by atoms with van der Waals surface area (Å²) in [6.07, 6.45) is 0. The minimum atomic E-state index is -0.180. The molecule has 0 bridgehead atoms. The largest absolute Gasteiger partial charge is 0.369 e. The molecule has 1 unspecified atom stereocenters. The Hall–Kier alpha value is -1.69. The summed E-state index contributed by atoms with van der Waals surface area (Å²) in [4.78, 5) is 14.3. The molecule has 6 heteroatoms. The first-order chi connectivity index (χ1) is 9.60. The highest BCUT2D eigenvalue weighted by molar-refractivity contribution is 5.92. The number of likely N-dealkylation sites (N-methyl/N-ethyl adjacent to an activating group) is 1. The van der Waals surface area contributed by atoms with Crippen LogP contribution in [0.1, 0.15) is 38.2 Å². The normalized spacial score (nSPS) is 12.2. The fourth-order valence-electron chi connectivity index (χ4n) is 1.94. The van der Waals surface area contributed by atoms with E-state index in [9.17, 15) is 4.79 Å². The van der Waals surface area contributed by atoms with Crippen molar-refractivity contribution in [2.75, 3.05) is 31.5 Å². The summed E-state index contributed by atoms with van der Waals surface area (Å²) in [7, 11) is 0. The summed E-state index contributed by atoms with van der Waals surface area (Å²) in [6.45, 7) is 11.8. The maximum Gasteiger partial charge on any atom is 0.272 e. The van der Waals surface area contributed by atoms with E-state index in [4.69, 9.17) is 0 Å². The second-order valence-electron chi connectivity index (χ2n) is 4.69. The van der Waals surface area contributed by atoms with Gasteiger partial charge in [0.2, 0.25) is 0 Å². The highest BCUT2D eigenvalue weighted by Gasteiger charge is 2.13. The third-order valence-electron chi connectivity index (χ3n) is 3.06. The van der Waals surface area contributed by atoms with Crippen LogP contribution in [0.2, 0.25) is 0 Å². The fraction of sp³-hybridized carbons (Fsp3) is 0.643. The topological polar surface area (TPSA) is 70.2 Å². The monoisotopic (exact) mass is 279 g/mol. The van der Waals surface area contributed by atoms with E-state index < -0.39 is 0 Å². The van der Waals surface area contributed by atoms with Gasteiger partial charge in [-0.15, -0.1) is 10.2 Å². The standard InChI is InChI=1S/C14H25N5O/c1-5-15-13-9-8-12(17-18-13)14(20)16-11(4)10-19(6-2)7-3/h8-9,11H,5-7,10H2,1-4H3,(H,15,18)(H,16,20). The molecule has 1 heterocycles. The number of carbonyl (C=O) groups is 1. The summed E-state index contributed by atoms with van der Waals surface area (Å²) in [5.74, 6) is 0.500. The van der Waals surface area contributed by atoms with Crippen molar-refractivity contribution in [3.8, 4) is 0 Å². The Morgan fingerprint density at radius 3 is 2.45 bits per heavy atom. The van der Waals surface area contributed by atoms with Crippen molar-refractivity contribution in [2.24, 2.45) is 0 Å². The van der Waals surface area contributed by atoms with E-state index in [1.807, 2.05) is 13.8 Å². The molecule has 0 aliphatic heterocycles. The van der Waals surface area contributed by atoms with Gasteiger partial charge < -0.3 is 15.5 Å². The van der Waals surface area contributed by atoms with Gasteiger partial charge in [-0.2, -0.15) is 0 Å². The van der Waals surface area contributed by atoms with Crippen LogP contribution in [-0.4, -0.2) is 53.2 Å². The van der Waals surface area contributed by atoms with Gasteiger partial charge in [0, 0.05) is 19.1 Å². The Balaban J connectivity index is 2.53. The average molecular weight is 279 g/mol. The molecule has 20 heavy (non-hydrogen) atoms. The molecule has 1 aromatic heterocycles. The number of aromatic nitrogens is 2. The van der Waals surface area contributed by atoms with Gasteiger partial charge in [0.1, 0.15) is 5.82 Å². The highest BCUT2D eigenvalue weighted by Crippen LogP contribution is 2.02. The maximum absolute atomic E-state index is 12.0. The van der Waals surface area contributed by atoms with Crippen LogP contribution >= 0.6 is 0 Å². The van der Waals surface area contributed by atoms with E-state index in [1.165, 1.54) is 0 Å². The zero-order chi connectivity index (χ0) is 15.0. The van der Waals surface area contributed by atoms with Gasteiger partial charge in [-0.25, -0.2) is 0 Å².